The van der Waals surface area contributed by atoms with Gasteiger partial charge < -0.3 is 19.7 Å². The number of aromatic amines is 2. The number of anilines is 3. The second-order valence-corrected chi connectivity index (χ2v) is 6.47. The predicted molar refractivity (Wildman–Crippen MR) is 108 cm³/mol. The van der Waals surface area contributed by atoms with Gasteiger partial charge in [-0.15, -0.1) is 0 Å². The lowest BCUT2D eigenvalue weighted by atomic mass is 10.3. The van der Waals surface area contributed by atoms with Crippen LogP contribution in [0.1, 0.15) is 5.56 Å². The molecule has 4 N–H and O–H groups in total. The number of hydrogen-bond donors (Lipinski definition) is 4. The third-order valence-corrected chi connectivity index (χ3v) is 4.45. The lowest BCUT2D eigenvalue weighted by Crippen LogP contribution is -2.23. The fourth-order valence-corrected chi connectivity index (χ4v) is 3.03. The van der Waals surface area contributed by atoms with Crippen molar-refractivity contribution >= 4 is 39.6 Å². The zero-order valence-electron chi connectivity index (χ0n) is 15.2. The molecule has 10 heteroatoms. The first-order chi connectivity index (χ1) is 14.1. The molecule has 0 aliphatic carbocycles. The Morgan fingerprint density at radius 3 is 2.79 bits per heavy atom. The minimum Gasteiger partial charge on any atom is -0.406 e. The molecule has 0 fully saturated rings. The average molecular weight is 389 g/mol. The van der Waals surface area contributed by atoms with E-state index in [9.17, 15) is 9.59 Å². The minimum absolute atomic E-state index is 0.270. The van der Waals surface area contributed by atoms with Crippen LogP contribution in [0.25, 0.3) is 22.1 Å². The molecule has 0 unspecified atom stereocenters. The number of rotatable bonds is 4. The van der Waals surface area contributed by atoms with Gasteiger partial charge in [0.05, 0.1) is 11.0 Å². The van der Waals surface area contributed by atoms with Gasteiger partial charge in [-0.1, -0.05) is 12.1 Å². The third-order valence-electron chi connectivity index (χ3n) is 4.45. The first-order valence-corrected chi connectivity index (χ1v) is 8.77. The van der Waals surface area contributed by atoms with Crippen LogP contribution in [-0.4, -0.2) is 24.6 Å². The number of fused-ring (bicyclic) bond motifs is 2. The topological polar surface area (TPSA) is 134 Å². The summed E-state index contributed by atoms with van der Waals surface area (Å²) in [5.74, 6) is 0.240. The van der Waals surface area contributed by atoms with Gasteiger partial charge in [0, 0.05) is 17.4 Å². The van der Waals surface area contributed by atoms with E-state index in [1.165, 1.54) is 4.68 Å². The summed E-state index contributed by atoms with van der Waals surface area (Å²) in [6.45, 7) is 1.83. The number of imidazole rings is 1. The standard InChI is InChI=1S/C19H15N7O3/c1-10-9-20-17(21-11-6-7-12-13(8-11)23-18(27)22-12)24-16(10)25-26-14-4-2-3-5-15(14)29-19(26)28/h2-9H,1H3,(H2,22,23,27)(H2,20,21,24,25). The van der Waals surface area contributed by atoms with Crippen molar-refractivity contribution in [2.45, 2.75) is 6.92 Å². The number of aromatic nitrogens is 5. The molecule has 2 aromatic carbocycles. The van der Waals surface area contributed by atoms with Crippen molar-refractivity contribution in [2.75, 3.05) is 10.7 Å². The fraction of sp³-hybridized carbons (Fsp3) is 0.0526. The highest BCUT2D eigenvalue weighted by Crippen LogP contribution is 2.20. The molecule has 0 bridgehead atoms. The van der Waals surface area contributed by atoms with Crippen molar-refractivity contribution < 1.29 is 4.42 Å². The van der Waals surface area contributed by atoms with Crippen LogP contribution in [0.4, 0.5) is 17.5 Å². The lowest BCUT2D eigenvalue weighted by Gasteiger charge is -2.11. The van der Waals surface area contributed by atoms with Gasteiger partial charge in [-0.2, -0.15) is 9.66 Å². The van der Waals surface area contributed by atoms with Crippen LogP contribution < -0.4 is 22.2 Å². The molecule has 0 radical (unpaired) electrons. The van der Waals surface area contributed by atoms with Gasteiger partial charge in [-0.25, -0.2) is 14.6 Å². The van der Waals surface area contributed by atoms with Crippen molar-refractivity contribution in [3.05, 3.63) is 75.3 Å². The Morgan fingerprint density at radius 1 is 1.07 bits per heavy atom. The zero-order valence-corrected chi connectivity index (χ0v) is 15.2. The number of nitrogens with zero attached hydrogens (tertiary/aromatic N) is 3. The Morgan fingerprint density at radius 2 is 1.90 bits per heavy atom. The number of oxazole rings is 1. The number of benzene rings is 2. The quantitative estimate of drug-likeness (QED) is 0.371. The second-order valence-electron chi connectivity index (χ2n) is 6.47. The van der Waals surface area contributed by atoms with Gasteiger partial charge in [-0.3, -0.25) is 5.43 Å². The summed E-state index contributed by atoms with van der Waals surface area (Å²) >= 11 is 0. The Kier molecular flexibility index (Phi) is 3.69. The first kappa shape index (κ1) is 16.8. The summed E-state index contributed by atoms with van der Waals surface area (Å²) in [6.07, 6.45) is 1.64. The molecule has 0 aliphatic heterocycles. The third kappa shape index (κ3) is 3.02. The smallest absolute Gasteiger partial charge is 0.406 e. The van der Waals surface area contributed by atoms with E-state index in [0.29, 0.717) is 39.6 Å². The molecular weight excluding hydrogens is 374 g/mol. The number of hydrogen-bond acceptors (Lipinski definition) is 7. The van der Waals surface area contributed by atoms with Gasteiger partial charge >= 0.3 is 11.4 Å². The van der Waals surface area contributed by atoms with Crippen molar-refractivity contribution in [3.63, 3.8) is 0 Å². The van der Waals surface area contributed by atoms with Crippen LogP contribution >= 0.6 is 0 Å². The maximum absolute atomic E-state index is 12.2. The molecule has 0 amide bonds. The molecule has 3 aromatic heterocycles. The summed E-state index contributed by atoms with van der Waals surface area (Å²) in [6, 6.07) is 12.5. The van der Waals surface area contributed by atoms with E-state index in [1.54, 1.807) is 42.6 Å². The molecule has 10 nitrogen and oxygen atoms in total. The Labute approximate surface area is 162 Å². The van der Waals surface area contributed by atoms with Crippen molar-refractivity contribution in [2.24, 2.45) is 0 Å². The first-order valence-electron chi connectivity index (χ1n) is 8.77. The van der Waals surface area contributed by atoms with Gasteiger partial charge in [0.25, 0.3) is 0 Å². The maximum atomic E-state index is 12.2. The lowest BCUT2D eigenvalue weighted by molar-refractivity contribution is 0.532. The van der Waals surface area contributed by atoms with Crippen LogP contribution in [0, 0.1) is 6.92 Å². The summed E-state index contributed by atoms with van der Waals surface area (Å²) in [7, 11) is 0. The summed E-state index contributed by atoms with van der Waals surface area (Å²) in [5, 5.41) is 3.10. The van der Waals surface area contributed by atoms with Crippen molar-refractivity contribution in [1.82, 2.24) is 24.6 Å². The molecule has 0 atom stereocenters. The maximum Gasteiger partial charge on any atom is 0.439 e. The van der Waals surface area contributed by atoms with Crippen molar-refractivity contribution in [1.29, 1.82) is 0 Å². The van der Waals surface area contributed by atoms with Gasteiger partial charge in [0.2, 0.25) is 5.95 Å². The van der Waals surface area contributed by atoms with E-state index in [2.05, 4.69) is 30.7 Å². The van der Waals surface area contributed by atoms with E-state index in [-0.39, 0.29) is 5.69 Å². The van der Waals surface area contributed by atoms with Crippen LogP contribution in [-0.2, 0) is 0 Å². The number of H-pyrrole nitrogens is 2. The van der Waals surface area contributed by atoms with Gasteiger partial charge in [0.15, 0.2) is 11.4 Å². The Hall–Kier alpha value is -4.34. The van der Waals surface area contributed by atoms with Gasteiger partial charge in [-0.05, 0) is 37.3 Å². The van der Waals surface area contributed by atoms with Crippen LogP contribution in [0.3, 0.4) is 0 Å². The normalized spacial score (nSPS) is 11.2. The minimum atomic E-state index is -0.541. The summed E-state index contributed by atoms with van der Waals surface area (Å²) < 4.78 is 6.53. The molecule has 29 heavy (non-hydrogen) atoms. The predicted octanol–water partition coefficient (Wildman–Crippen LogP) is 2.48. The van der Waals surface area contributed by atoms with Gasteiger partial charge in [0.1, 0.15) is 5.52 Å². The highest BCUT2D eigenvalue weighted by atomic mass is 16.4. The Balaban J connectivity index is 1.48. The summed E-state index contributed by atoms with van der Waals surface area (Å²) in [4.78, 5) is 37.7. The molecule has 0 aliphatic rings. The second kappa shape index (κ2) is 6.37. The molecule has 0 saturated carbocycles. The van der Waals surface area contributed by atoms with E-state index in [0.717, 1.165) is 5.56 Å². The molecule has 3 heterocycles. The molecule has 5 aromatic rings. The Bertz CT molecular complexity index is 1470. The van der Waals surface area contributed by atoms with E-state index in [1.807, 2.05) is 13.0 Å². The molecule has 0 spiro atoms. The number of aryl methyl sites for hydroxylation is 1. The van der Waals surface area contributed by atoms with Crippen LogP contribution in [0.5, 0.6) is 0 Å². The number of para-hydroxylation sites is 2. The van der Waals surface area contributed by atoms with Crippen LogP contribution in [0.15, 0.2) is 62.7 Å². The van der Waals surface area contributed by atoms with Crippen LogP contribution in [0.2, 0.25) is 0 Å². The molecular formula is C19H15N7O3. The van der Waals surface area contributed by atoms with Crippen molar-refractivity contribution in [3.8, 4) is 0 Å². The van der Waals surface area contributed by atoms with E-state index < -0.39 is 5.76 Å². The van der Waals surface area contributed by atoms with E-state index in [4.69, 9.17) is 4.42 Å². The van der Waals surface area contributed by atoms with E-state index >= 15 is 0 Å². The highest BCUT2D eigenvalue weighted by molar-refractivity contribution is 5.79. The summed E-state index contributed by atoms with van der Waals surface area (Å²) in [5.41, 5.74) is 6.62. The number of nitrogens with one attached hydrogen (secondary N) is 4. The SMILES string of the molecule is Cc1cnc(Nc2ccc3[nH]c(=O)[nH]c3c2)nc1Nn1c(=O)oc2ccccc21. The fourth-order valence-electron chi connectivity index (χ4n) is 3.03. The molecule has 0 saturated heterocycles. The molecule has 5 rings (SSSR count). The zero-order chi connectivity index (χ0) is 20.0. The molecule has 144 valence electrons. The monoisotopic (exact) mass is 389 g/mol. The highest BCUT2D eigenvalue weighted by Gasteiger charge is 2.12. The average Bonchev–Trinajstić information content (AvgIpc) is 3.23. The largest absolute Gasteiger partial charge is 0.439 e.